The molecule has 2 aromatic rings. The average Bonchev–Trinajstić information content (AvgIpc) is 2.36. The first-order valence-corrected chi connectivity index (χ1v) is 6.20. The number of hydrogen-bond acceptors (Lipinski definition) is 4. The molecule has 0 saturated carbocycles. The van der Waals surface area contributed by atoms with E-state index in [1.54, 1.807) is 6.07 Å². The molecule has 1 unspecified atom stereocenters. The van der Waals surface area contributed by atoms with Crippen LogP contribution in [0.2, 0.25) is 5.02 Å². The fourth-order valence-corrected chi connectivity index (χ4v) is 2.07. The minimum Gasteiger partial charge on any atom is -0.395 e. The third-order valence-electron chi connectivity index (χ3n) is 2.72. The number of aliphatic hydroxyl groups excluding tert-OH is 1. The van der Waals surface area contributed by atoms with Gasteiger partial charge in [0.15, 0.2) is 0 Å². The normalized spacial score (nSPS) is 12.0. The van der Waals surface area contributed by atoms with E-state index in [4.69, 9.17) is 22.4 Å². The van der Waals surface area contributed by atoms with Gasteiger partial charge >= 0.3 is 0 Å². The Bertz CT molecular complexity index is 561. The molecule has 1 atom stereocenters. The minimum atomic E-state index is -0.137. The molecule has 6 heteroatoms. The van der Waals surface area contributed by atoms with E-state index in [0.717, 1.165) is 16.5 Å². The average molecular weight is 302 g/mol. The molecule has 2 rings (SSSR count). The smallest absolute Gasteiger partial charge is 0.131 e. The number of rotatable bonds is 4. The fraction of sp³-hybridized carbons (Fsp3) is 0.308. The van der Waals surface area contributed by atoms with Gasteiger partial charge in [-0.2, -0.15) is 0 Å². The number of anilines is 1. The molecule has 19 heavy (non-hydrogen) atoms. The van der Waals surface area contributed by atoms with Crippen molar-refractivity contribution in [2.24, 2.45) is 5.73 Å². The van der Waals surface area contributed by atoms with Gasteiger partial charge in [-0.1, -0.05) is 23.7 Å². The largest absolute Gasteiger partial charge is 0.395 e. The number of nitrogens with one attached hydrogen (secondary N) is 1. The predicted octanol–water partition coefficient (Wildman–Crippen LogP) is 2.73. The zero-order chi connectivity index (χ0) is 13.1. The minimum absolute atomic E-state index is 0. The Kier molecular flexibility index (Phi) is 5.82. The van der Waals surface area contributed by atoms with E-state index < -0.39 is 0 Å². The maximum atomic E-state index is 8.88. The standard InChI is InChI=1S/C13H16ClN3O.ClH/c1-8(15)10-7-9-3-2-4-11(14)12(9)17-13(10)16-5-6-18;/h2-4,7-8,18H,5-6,15H2,1H3,(H,16,17);1H. The van der Waals surface area contributed by atoms with Crippen LogP contribution in [-0.2, 0) is 0 Å². The maximum absolute atomic E-state index is 8.88. The second-order valence-corrected chi connectivity index (χ2v) is 4.58. The van der Waals surface area contributed by atoms with Gasteiger partial charge in [-0.3, -0.25) is 0 Å². The van der Waals surface area contributed by atoms with Crippen LogP contribution < -0.4 is 11.1 Å². The highest BCUT2D eigenvalue weighted by Crippen LogP contribution is 2.28. The van der Waals surface area contributed by atoms with Crippen molar-refractivity contribution >= 4 is 40.7 Å². The lowest BCUT2D eigenvalue weighted by molar-refractivity contribution is 0.311. The van der Waals surface area contributed by atoms with Crippen molar-refractivity contribution in [2.45, 2.75) is 13.0 Å². The number of pyridine rings is 1. The molecule has 1 aromatic carbocycles. The molecule has 0 amide bonds. The Labute approximate surface area is 123 Å². The summed E-state index contributed by atoms with van der Waals surface area (Å²) in [5.74, 6) is 0.680. The van der Waals surface area contributed by atoms with Gasteiger partial charge in [0, 0.05) is 23.5 Å². The van der Waals surface area contributed by atoms with Gasteiger partial charge in [-0.05, 0) is 19.1 Å². The van der Waals surface area contributed by atoms with Crippen molar-refractivity contribution in [3.8, 4) is 0 Å². The number of nitrogens with two attached hydrogens (primary N) is 1. The lowest BCUT2D eigenvalue weighted by Crippen LogP contribution is -2.14. The van der Waals surface area contributed by atoms with E-state index >= 15 is 0 Å². The van der Waals surface area contributed by atoms with Crippen LogP contribution in [0.1, 0.15) is 18.5 Å². The Morgan fingerprint density at radius 3 is 2.84 bits per heavy atom. The first-order chi connectivity index (χ1) is 8.63. The first-order valence-electron chi connectivity index (χ1n) is 5.83. The molecule has 1 aromatic heterocycles. The van der Waals surface area contributed by atoms with Crippen molar-refractivity contribution < 1.29 is 5.11 Å². The summed E-state index contributed by atoms with van der Waals surface area (Å²) in [6, 6.07) is 7.49. The number of halogens is 2. The molecule has 0 radical (unpaired) electrons. The van der Waals surface area contributed by atoms with Gasteiger partial charge in [0.25, 0.3) is 0 Å². The summed E-state index contributed by atoms with van der Waals surface area (Å²) in [5, 5.41) is 13.5. The number of hydrogen-bond donors (Lipinski definition) is 3. The molecule has 0 aliphatic heterocycles. The van der Waals surface area contributed by atoms with Crippen LogP contribution in [0.5, 0.6) is 0 Å². The van der Waals surface area contributed by atoms with Crippen molar-refractivity contribution in [3.63, 3.8) is 0 Å². The quantitative estimate of drug-likeness (QED) is 0.812. The van der Waals surface area contributed by atoms with Crippen LogP contribution in [0.4, 0.5) is 5.82 Å². The van der Waals surface area contributed by atoms with E-state index in [-0.39, 0.29) is 25.1 Å². The Morgan fingerprint density at radius 2 is 2.21 bits per heavy atom. The third kappa shape index (κ3) is 3.48. The molecule has 104 valence electrons. The Balaban J connectivity index is 0.00000180. The summed E-state index contributed by atoms with van der Waals surface area (Å²) in [4.78, 5) is 4.50. The number of para-hydroxylation sites is 1. The van der Waals surface area contributed by atoms with Gasteiger partial charge in [0.2, 0.25) is 0 Å². The number of benzene rings is 1. The topological polar surface area (TPSA) is 71.2 Å². The van der Waals surface area contributed by atoms with Gasteiger partial charge in [0.05, 0.1) is 17.1 Å². The second-order valence-electron chi connectivity index (χ2n) is 4.18. The summed E-state index contributed by atoms with van der Waals surface area (Å²) in [6.07, 6.45) is 0. The lowest BCUT2D eigenvalue weighted by atomic mass is 10.1. The summed E-state index contributed by atoms with van der Waals surface area (Å²) in [5.41, 5.74) is 7.59. The van der Waals surface area contributed by atoms with Crippen LogP contribution in [-0.4, -0.2) is 23.2 Å². The summed E-state index contributed by atoms with van der Waals surface area (Å²) in [7, 11) is 0. The lowest BCUT2D eigenvalue weighted by Gasteiger charge is -2.15. The monoisotopic (exact) mass is 301 g/mol. The van der Waals surface area contributed by atoms with Crippen molar-refractivity contribution in [2.75, 3.05) is 18.5 Å². The highest BCUT2D eigenvalue weighted by molar-refractivity contribution is 6.35. The van der Waals surface area contributed by atoms with Gasteiger partial charge in [0.1, 0.15) is 5.82 Å². The molecule has 0 aliphatic rings. The molecule has 0 saturated heterocycles. The van der Waals surface area contributed by atoms with Crippen LogP contribution >= 0.6 is 24.0 Å². The maximum Gasteiger partial charge on any atom is 0.131 e. The summed E-state index contributed by atoms with van der Waals surface area (Å²) >= 11 is 6.12. The van der Waals surface area contributed by atoms with Crippen LogP contribution in [0.15, 0.2) is 24.3 Å². The first kappa shape index (κ1) is 16.0. The number of aromatic nitrogens is 1. The predicted molar refractivity (Wildman–Crippen MR) is 82.2 cm³/mol. The summed E-state index contributed by atoms with van der Waals surface area (Å²) < 4.78 is 0. The number of aliphatic hydroxyl groups is 1. The van der Waals surface area contributed by atoms with Gasteiger partial charge < -0.3 is 16.2 Å². The van der Waals surface area contributed by atoms with E-state index in [1.165, 1.54) is 0 Å². The third-order valence-corrected chi connectivity index (χ3v) is 3.03. The van der Waals surface area contributed by atoms with Crippen LogP contribution in [0, 0.1) is 0 Å². The second kappa shape index (κ2) is 6.91. The van der Waals surface area contributed by atoms with E-state index in [0.29, 0.717) is 17.4 Å². The molecule has 4 N–H and O–H groups in total. The highest BCUT2D eigenvalue weighted by Gasteiger charge is 2.11. The molecular formula is C13H17Cl2N3O. The number of nitrogens with zero attached hydrogens (tertiary/aromatic N) is 1. The SMILES string of the molecule is CC(N)c1cc2cccc(Cl)c2nc1NCCO.Cl. The highest BCUT2D eigenvalue weighted by atomic mass is 35.5. The molecule has 0 aliphatic carbocycles. The fourth-order valence-electron chi connectivity index (χ4n) is 1.84. The van der Waals surface area contributed by atoms with E-state index in [2.05, 4.69) is 10.3 Å². The molecule has 4 nitrogen and oxygen atoms in total. The molecule has 0 bridgehead atoms. The number of fused-ring (bicyclic) bond motifs is 1. The van der Waals surface area contributed by atoms with E-state index in [9.17, 15) is 0 Å². The van der Waals surface area contributed by atoms with Gasteiger partial charge in [-0.15, -0.1) is 12.4 Å². The summed E-state index contributed by atoms with van der Waals surface area (Å²) in [6.45, 7) is 2.38. The Morgan fingerprint density at radius 1 is 1.47 bits per heavy atom. The van der Waals surface area contributed by atoms with Crippen LogP contribution in [0.3, 0.4) is 0 Å². The zero-order valence-corrected chi connectivity index (χ0v) is 12.1. The molecule has 0 fully saturated rings. The van der Waals surface area contributed by atoms with Gasteiger partial charge in [-0.25, -0.2) is 4.98 Å². The van der Waals surface area contributed by atoms with Crippen molar-refractivity contribution in [3.05, 3.63) is 34.9 Å². The van der Waals surface area contributed by atoms with E-state index in [1.807, 2.05) is 25.1 Å². The molecule has 1 heterocycles. The molecular weight excluding hydrogens is 285 g/mol. The van der Waals surface area contributed by atoms with Crippen molar-refractivity contribution in [1.82, 2.24) is 4.98 Å². The molecule has 0 spiro atoms. The zero-order valence-electron chi connectivity index (χ0n) is 10.6. The van der Waals surface area contributed by atoms with Crippen LogP contribution in [0.25, 0.3) is 10.9 Å². The Hall–Kier alpha value is -1.07. The van der Waals surface area contributed by atoms with Crippen molar-refractivity contribution in [1.29, 1.82) is 0 Å².